The molecule has 1 unspecified atom stereocenters. The molecule has 5 heteroatoms. The Hall–Kier alpha value is -0.880. The molecule has 1 aliphatic rings. The van der Waals surface area contributed by atoms with E-state index in [0.717, 1.165) is 21.6 Å². The number of benzene rings is 1. The fraction of sp³-hybridized carbons (Fsp3) is 0.500. The van der Waals surface area contributed by atoms with Crippen LogP contribution in [-0.2, 0) is 11.1 Å². The van der Waals surface area contributed by atoms with Gasteiger partial charge in [0.05, 0.1) is 0 Å². The highest BCUT2D eigenvalue weighted by Gasteiger charge is 2.44. The van der Waals surface area contributed by atoms with Gasteiger partial charge < -0.3 is 19.8 Å². The largest absolute Gasteiger partial charge is 0.784 e. The lowest BCUT2D eigenvalue weighted by atomic mass is 9.89. The summed E-state index contributed by atoms with van der Waals surface area (Å²) in [6.45, 7) is 7.73. The van der Waals surface area contributed by atoms with Crippen LogP contribution in [0.1, 0.15) is 50.7 Å². The standard InChI is InChI=1S/C16H19BrNO3/c1-15(2)10-5-9-6-14(12(19)8-17)21-13(9)7-11(10)16(3,4)18(15)20/h5-7,12,19H,8H2,1-4H3/q-1. The van der Waals surface area contributed by atoms with Crippen molar-refractivity contribution in [2.24, 2.45) is 0 Å². The van der Waals surface area contributed by atoms with Crippen molar-refractivity contribution >= 4 is 26.9 Å². The molecule has 0 radical (unpaired) electrons. The van der Waals surface area contributed by atoms with Crippen molar-refractivity contribution < 1.29 is 9.52 Å². The second-order valence-electron chi connectivity index (χ2n) is 6.67. The van der Waals surface area contributed by atoms with Crippen LogP contribution in [0.15, 0.2) is 22.6 Å². The summed E-state index contributed by atoms with van der Waals surface area (Å²) in [5, 5.41) is 25.0. The predicted octanol–water partition coefficient (Wildman–Crippen LogP) is 4.14. The van der Waals surface area contributed by atoms with E-state index in [1.807, 2.05) is 45.9 Å². The van der Waals surface area contributed by atoms with Crippen LogP contribution in [0.5, 0.6) is 0 Å². The average Bonchev–Trinajstić information content (AvgIpc) is 2.91. The molecule has 4 nitrogen and oxygen atoms in total. The molecule has 2 aromatic rings. The number of aliphatic hydroxyl groups is 1. The summed E-state index contributed by atoms with van der Waals surface area (Å²) in [5.74, 6) is 0.542. The molecular weight excluding hydrogens is 334 g/mol. The lowest BCUT2D eigenvalue weighted by Gasteiger charge is -2.46. The molecule has 3 rings (SSSR count). The van der Waals surface area contributed by atoms with Crippen molar-refractivity contribution in [3.05, 3.63) is 40.3 Å². The lowest BCUT2D eigenvalue weighted by Crippen LogP contribution is -2.40. The SMILES string of the molecule is CC1(C)c2cc3cc(C(O)CBr)oc3cc2C(C)(C)N1[O-]. The summed E-state index contributed by atoms with van der Waals surface area (Å²) in [4.78, 5) is 0. The minimum absolute atomic E-state index is 0.428. The summed E-state index contributed by atoms with van der Waals surface area (Å²) < 4.78 is 5.74. The van der Waals surface area contributed by atoms with Gasteiger partial charge in [-0.2, -0.15) is 0 Å². The van der Waals surface area contributed by atoms with Gasteiger partial charge >= 0.3 is 0 Å². The Bertz CT molecular complexity index is 652. The number of nitrogens with zero attached hydrogens (tertiary/aromatic N) is 1. The molecule has 0 amide bonds. The Morgan fingerprint density at radius 2 is 1.76 bits per heavy atom. The van der Waals surface area contributed by atoms with Crippen LogP contribution in [0, 0.1) is 5.21 Å². The van der Waals surface area contributed by atoms with Crippen molar-refractivity contribution in [1.82, 2.24) is 5.06 Å². The highest BCUT2D eigenvalue weighted by molar-refractivity contribution is 9.09. The third-order valence-corrected chi connectivity index (χ3v) is 5.10. The van der Waals surface area contributed by atoms with Crippen molar-refractivity contribution in [1.29, 1.82) is 0 Å². The lowest BCUT2D eigenvalue weighted by molar-refractivity contribution is 0.101. The van der Waals surface area contributed by atoms with Gasteiger partial charge in [-0.25, -0.2) is 0 Å². The molecule has 0 spiro atoms. The molecule has 21 heavy (non-hydrogen) atoms. The molecule has 1 aliphatic heterocycles. The molecule has 1 aromatic carbocycles. The molecule has 0 aliphatic carbocycles. The topological polar surface area (TPSA) is 59.7 Å². The average molecular weight is 353 g/mol. The third-order valence-electron chi connectivity index (χ3n) is 4.48. The molecule has 0 saturated carbocycles. The zero-order valence-corrected chi connectivity index (χ0v) is 14.2. The monoisotopic (exact) mass is 352 g/mol. The zero-order valence-electron chi connectivity index (χ0n) is 12.6. The Balaban J connectivity index is 2.23. The first-order valence-electron chi connectivity index (χ1n) is 6.99. The van der Waals surface area contributed by atoms with Gasteiger partial charge in [0.25, 0.3) is 0 Å². The predicted molar refractivity (Wildman–Crippen MR) is 86.2 cm³/mol. The maximum Gasteiger partial charge on any atom is 0.134 e. The number of hydrogen-bond acceptors (Lipinski definition) is 4. The highest BCUT2D eigenvalue weighted by atomic mass is 79.9. The Kier molecular flexibility index (Phi) is 3.26. The van der Waals surface area contributed by atoms with Gasteiger partial charge in [0.2, 0.25) is 0 Å². The minimum Gasteiger partial charge on any atom is -0.784 e. The van der Waals surface area contributed by atoms with Crippen molar-refractivity contribution in [3.63, 3.8) is 0 Å². The third kappa shape index (κ3) is 1.99. The molecule has 2 heterocycles. The van der Waals surface area contributed by atoms with Gasteiger partial charge in [0, 0.05) is 21.8 Å². The molecule has 0 bridgehead atoms. The van der Waals surface area contributed by atoms with E-state index in [-0.39, 0.29) is 0 Å². The Morgan fingerprint density at radius 3 is 2.33 bits per heavy atom. The smallest absolute Gasteiger partial charge is 0.134 e. The number of fused-ring (bicyclic) bond motifs is 2. The van der Waals surface area contributed by atoms with Gasteiger partial charge in [-0.05, 0) is 57.0 Å². The van der Waals surface area contributed by atoms with Crippen molar-refractivity contribution in [2.45, 2.75) is 44.9 Å². The molecule has 0 fully saturated rings. The van der Waals surface area contributed by atoms with Crippen LogP contribution in [0.25, 0.3) is 11.0 Å². The van der Waals surface area contributed by atoms with Crippen LogP contribution in [0.4, 0.5) is 0 Å². The van der Waals surface area contributed by atoms with Crippen LogP contribution >= 0.6 is 15.9 Å². The minimum atomic E-state index is -0.663. The number of furan rings is 1. The summed E-state index contributed by atoms with van der Waals surface area (Å²) >= 11 is 3.25. The summed E-state index contributed by atoms with van der Waals surface area (Å²) in [6.07, 6.45) is -0.663. The first-order valence-corrected chi connectivity index (χ1v) is 8.11. The summed E-state index contributed by atoms with van der Waals surface area (Å²) in [7, 11) is 0. The Labute approximate surface area is 132 Å². The van der Waals surface area contributed by atoms with Gasteiger partial charge in [-0.3, -0.25) is 0 Å². The maximum atomic E-state index is 12.6. The van der Waals surface area contributed by atoms with Crippen LogP contribution in [0.2, 0.25) is 0 Å². The van der Waals surface area contributed by atoms with Crippen molar-refractivity contribution in [2.75, 3.05) is 5.33 Å². The molecule has 114 valence electrons. The first kappa shape index (κ1) is 15.0. The van der Waals surface area contributed by atoms with E-state index < -0.39 is 17.2 Å². The van der Waals surface area contributed by atoms with Crippen LogP contribution < -0.4 is 0 Å². The van der Waals surface area contributed by atoms with Gasteiger partial charge in [0.1, 0.15) is 17.4 Å². The van der Waals surface area contributed by atoms with Gasteiger partial charge in [0.15, 0.2) is 0 Å². The van der Waals surface area contributed by atoms with Crippen molar-refractivity contribution in [3.8, 4) is 0 Å². The molecular formula is C16H19BrNO3-. The van der Waals surface area contributed by atoms with Gasteiger partial charge in [-0.15, -0.1) is 0 Å². The number of rotatable bonds is 2. The number of hydrogen-bond donors (Lipinski definition) is 1. The molecule has 0 saturated heterocycles. The number of hydroxylamine groups is 2. The highest BCUT2D eigenvalue weighted by Crippen LogP contribution is 2.50. The number of alkyl halides is 1. The van der Waals surface area contributed by atoms with E-state index >= 15 is 0 Å². The van der Waals surface area contributed by atoms with E-state index in [9.17, 15) is 10.3 Å². The summed E-state index contributed by atoms with van der Waals surface area (Å²) in [5.41, 5.74) is 1.56. The van der Waals surface area contributed by atoms with E-state index in [2.05, 4.69) is 15.9 Å². The number of aliphatic hydroxyl groups excluding tert-OH is 1. The summed E-state index contributed by atoms with van der Waals surface area (Å²) in [6, 6.07) is 5.80. The molecule has 1 N–H and O–H groups in total. The van der Waals surface area contributed by atoms with Crippen LogP contribution in [0.3, 0.4) is 0 Å². The molecule has 1 atom stereocenters. The first-order chi connectivity index (χ1) is 9.69. The quantitative estimate of drug-likeness (QED) is 0.825. The second-order valence-corrected chi connectivity index (χ2v) is 7.31. The fourth-order valence-corrected chi connectivity index (χ4v) is 3.60. The zero-order chi connectivity index (χ0) is 15.6. The Morgan fingerprint density at radius 1 is 1.19 bits per heavy atom. The van der Waals surface area contributed by atoms with E-state index in [0.29, 0.717) is 16.7 Å². The molecule has 1 aromatic heterocycles. The number of halogens is 1. The second kappa shape index (κ2) is 4.56. The normalized spacial score (nSPS) is 21.7. The van der Waals surface area contributed by atoms with E-state index in [4.69, 9.17) is 4.42 Å². The fourth-order valence-electron chi connectivity index (χ4n) is 3.28. The maximum absolute atomic E-state index is 12.6. The van der Waals surface area contributed by atoms with Crippen LogP contribution in [-0.4, -0.2) is 15.5 Å². The van der Waals surface area contributed by atoms with E-state index in [1.54, 1.807) is 0 Å². The van der Waals surface area contributed by atoms with E-state index in [1.165, 1.54) is 0 Å². The van der Waals surface area contributed by atoms with Gasteiger partial charge in [-0.1, -0.05) is 15.9 Å².